The molecule has 6 aromatic rings. The highest BCUT2D eigenvalue weighted by molar-refractivity contribution is 6.23. The molecule has 2 heteroatoms. The molecule has 0 radical (unpaired) electrons. The zero-order valence-electron chi connectivity index (χ0n) is 16.1. The molecule has 30 heavy (non-hydrogen) atoms. The summed E-state index contributed by atoms with van der Waals surface area (Å²) in [6, 6.07) is 32.0. The average molecular weight is 386 g/mol. The number of fused-ring (bicyclic) bond motifs is 6. The second-order valence-corrected chi connectivity index (χ2v) is 7.69. The highest BCUT2D eigenvalue weighted by Crippen LogP contribution is 2.47. The van der Waals surface area contributed by atoms with E-state index in [4.69, 9.17) is 0 Å². The third kappa shape index (κ3) is 2.31. The molecule has 0 bridgehead atoms. The monoisotopic (exact) mass is 386 g/mol. The second-order valence-electron chi connectivity index (χ2n) is 7.69. The van der Waals surface area contributed by atoms with Crippen LogP contribution < -0.4 is 0 Å². The Balaban J connectivity index is 1.90. The molecule has 0 aromatic heterocycles. The van der Waals surface area contributed by atoms with Crippen molar-refractivity contribution in [3.05, 3.63) is 97.1 Å². The predicted molar refractivity (Wildman–Crippen MR) is 125 cm³/mol. The van der Waals surface area contributed by atoms with Crippen molar-refractivity contribution in [2.75, 3.05) is 0 Å². The first-order valence-electron chi connectivity index (χ1n) is 9.99. The fraction of sp³-hybridized carbons (Fsp3) is 0. The molecule has 6 rings (SSSR count). The zero-order valence-corrected chi connectivity index (χ0v) is 16.1. The van der Waals surface area contributed by atoms with E-state index in [1.54, 1.807) is 12.1 Å². The number of aromatic hydroxyl groups is 2. The van der Waals surface area contributed by atoms with Gasteiger partial charge in [-0.1, -0.05) is 84.9 Å². The van der Waals surface area contributed by atoms with Crippen LogP contribution in [0.3, 0.4) is 0 Å². The summed E-state index contributed by atoms with van der Waals surface area (Å²) in [6.07, 6.45) is 0. The highest BCUT2D eigenvalue weighted by atomic mass is 16.3. The molecule has 6 aromatic carbocycles. The summed E-state index contributed by atoms with van der Waals surface area (Å²) in [4.78, 5) is 0. The summed E-state index contributed by atoms with van der Waals surface area (Å²) in [5, 5.41) is 30.4. The molecule has 0 saturated carbocycles. The van der Waals surface area contributed by atoms with Crippen LogP contribution in [0.2, 0.25) is 0 Å². The quantitative estimate of drug-likeness (QED) is 0.289. The largest absolute Gasteiger partial charge is 0.507 e. The van der Waals surface area contributed by atoms with Crippen LogP contribution >= 0.6 is 0 Å². The highest BCUT2D eigenvalue weighted by Gasteiger charge is 2.19. The van der Waals surface area contributed by atoms with Crippen LogP contribution in [0.1, 0.15) is 0 Å². The van der Waals surface area contributed by atoms with Gasteiger partial charge < -0.3 is 10.2 Å². The summed E-state index contributed by atoms with van der Waals surface area (Å²) in [6.45, 7) is 0. The molecule has 2 N–H and O–H groups in total. The lowest BCUT2D eigenvalue weighted by Gasteiger charge is -2.17. The molecule has 0 atom stereocenters. The van der Waals surface area contributed by atoms with Crippen molar-refractivity contribution in [2.45, 2.75) is 0 Å². The first-order valence-corrected chi connectivity index (χ1v) is 9.99. The zero-order chi connectivity index (χ0) is 20.2. The summed E-state index contributed by atoms with van der Waals surface area (Å²) >= 11 is 0. The number of phenolic OH excluding ortho intramolecular Hbond substituents is 2. The lowest BCUT2D eigenvalue weighted by Crippen LogP contribution is -1.89. The average Bonchev–Trinajstić information content (AvgIpc) is 2.79. The van der Waals surface area contributed by atoms with Gasteiger partial charge in [-0.05, 0) is 44.5 Å². The maximum atomic E-state index is 11.1. The molecule has 0 saturated heterocycles. The van der Waals surface area contributed by atoms with Crippen LogP contribution in [0, 0.1) is 0 Å². The smallest absolute Gasteiger partial charge is 0.124 e. The van der Waals surface area contributed by atoms with Gasteiger partial charge >= 0.3 is 0 Å². The van der Waals surface area contributed by atoms with Gasteiger partial charge in [0.15, 0.2) is 0 Å². The van der Waals surface area contributed by atoms with E-state index < -0.39 is 0 Å². The number of phenols is 2. The Morgan fingerprint density at radius 2 is 0.733 bits per heavy atom. The minimum Gasteiger partial charge on any atom is -0.507 e. The second kappa shape index (κ2) is 6.23. The summed E-state index contributed by atoms with van der Waals surface area (Å²) in [5.41, 5.74) is 1.34. The third-order valence-corrected chi connectivity index (χ3v) is 6.03. The molecule has 0 heterocycles. The first-order chi connectivity index (χ1) is 14.7. The van der Waals surface area contributed by atoms with E-state index >= 15 is 0 Å². The van der Waals surface area contributed by atoms with E-state index in [1.807, 2.05) is 36.4 Å². The van der Waals surface area contributed by atoms with Crippen LogP contribution in [0.4, 0.5) is 0 Å². The fourth-order valence-electron chi connectivity index (χ4n) is 4.68. The SMILES string of the molecule is Oc1ccc2ccc3ccccc3c2c1-c1c(O)ccc2ccc3ccccc3c12. The molecule has 142 valence electrons. The Labute approximate surface area is 173 Å². The van der Waals surface area contributed by atoms with E-state index in [2.05, 4.69) is 48.5 Å². The van der Waals surface area contributed by atoms with Crippen molar-refractivity contribution >= 4 is 43.1 Å². The van der Waals surface area contributed by atoms with Crippen molar-refractivity contribution < 1.29 is 10.2 Å². The molecule has 0 spiro atoms. The van der Waals surface area contributed by atoms with Gasteiger partial charge in [0.2, 0.25) is 0 Å². The van der Waals surface area contributed by atoms with Crippen molar-refractivity contribution in [3.8, 4) is 22.6 Å². The van der Waals surface area contributed by atoms with E-state index in [1.165, 1.54) is 0 Å². The van der Waals surface area contributed by atoms with Gasteiger partial charge in [-0.3, -0.25) is 0 Å². The Morgan fingerprint density at radius 3 is 1.20 bits per heavy atom. The topological polar surface area (TPSA) is 40.5 Å². The summed E-state index contributed by atoms with van der Waals surface area (Å²) in [5.74, 6) is 0.323. The Bertz CT molecular complexity index is 1490. The van der Waals surface area contributed by atoms with E-state index in [-0.39, 0.29) is 11.5 Å². The van der Waals surface area contributed by atoms with Gasteiger partial charge in [-0.15, -0.1) is 0 Å². The Hall–Kier alpha value is -4.04. The molecular formula is C28H18O2. The Kier molecular flexibility index (Phi) is 3.50. The maximum absolute atomic E-state index is 11.1. The fourth-order valence-corrected chi connectivity index (χ4v) is 4.68. The van der Waals surface area contributed by atoms with Crippen molar-refractivity contribution in [2.24, 2.45) is 0 Å². The third-order valence-electron chi connectivity index (χ3n) is 6.03. The number of hydrogen-bond donors (Lipinski definition) is 2. The molecule has 0 fully saturated rings. The van der Waals surface area contributed by atoms with Crippen molar-refractivity contribution in [1.29, 1.82) is 0 Å². The minimum absolute atomic E-state index is 0.162. The van der Waals surface area contributed by atoms with Gasteiger partial charge in [0.05, 0.1) is 0 Å². The van der Waals surface area contributed by atoms with Crippen molar-refractivity contribution in [3.63, 3.8) is 0 Å². The number of rotatable bonds is 1. The molecule has 0 aliphatic carbocycles. The molecular weight excluding hydrogens is 368 g/mol. The standard InChI is InChI=1S/C28H18O2/c29-23-15-13-19-11-9-17-5-1-3-7-21(17)25(19)27(23)28-24(30)16-14-20-12-10-18-6-2-4-8-22(18)26(20)28/h1-16,29-30H. The van der Waals surface area contributed by atoms with E-state index in [9.17, 15) is 10.2 Å². The minimum atomic E-state index is 0.162. The van der Waals surface area contributed by atoms with Crippen LogP contribution in [-0.2, 0) is 0 Å². The molecule has 0 aliphatic heterocycles. The molecule has 0 amide bonds. The van der Waals surface area contributed by atoms with Gasteiger partial charge in [-0.2, -0.15) is 0 Å². The van der Waals surface area contributed by atoms with Gasteiger partial charge in [0.1, 0.15) is 11.5 Å². The summed E-state index contributed by atoms with van der Waals surface area (Å²) in [7, 11) is 0. The first kappa shape index (κ1) is 16.9. The lowest BCUT2D eigenvalue weighted by atomic mass is 9.88. The van der Waals surface area contributed by atoms with Gasteiger partial charge in [0.25, 0.3) is 0 Å². The van der Waals surface area contributed by atoms with E-state index in [0.29, 0.717) is 11.1 Å². The van der Waals surface area contributed by atoms with Crippen LogP contribution in [-0.4, -0.2) is 10.2 Å². The number of benzene rings is 6. The normalized spacial score (nSPS) is 11.6. The van der Waals surface area contributed by atoms with Crippen LogP contribution in [0.15, 0.2) is 97.1 Å². The van der Waals surface area contributed by atoms with Crippen LogP contribution in [0.25, 0.3) is 54.2 Å². The lowest BCUT2D eigenvalue weighted by molar-refractivity contribution is 0.470. The molecule has 0 unspecified atom stereocenters. The van der Waals surface area contributed by atoms with Crippen molar-refractivity contribution in [1.82, 2.24) is 0 Å². The molecule has 2 nitrogen and oxygen atoms in total. The van der Waals surface area contributed by atoms with Gasteiger partial charge in [-0.25, -0.2) is 0 Å². The van der Waals surface area contributed by atoms with Crippen LogP contribution in [0.5, 0.6) is 11.5 Å². The number of hydrogen-bond acceptors (Lipinski definition) is 2. The van der Waals surface area contributed by atoms with E-state index in [0.717, 1.165) is 43.1 Å². The maximum Gasteiger partial charge on any atom is 0.124 e. The molecule has 0 aliphatic rings. The Morgan fingerprint density at radius 1 is 0.367 bits per heavy atom. The summed E-state index contributed by atoms with van der Waals surface area (Å²) < 4.78 is 0. The predicted octanol–water partition coefficient (Wildman–Crippen LogP) is 7.38. The van der Waals surface area contributed by atoms with Gasteiger partial charge in [0, 0.05) is 21.9 Å².